The second kappa shape index (κ2) is 8.68. The Labute approximate surface area is 192 Å². The zero-order valence-electron chi connectivity index (χ0n) is 18.7. The molecule has 1 saturated carbocycles. The Hall–Kier alpha value is -2.69. The van der Waals surface area contributed by atoms with E-state index in [-0.39, 0.29) is 11.9 Å². The van der Waals surface area contributed by atoms with Gasteiger partial charge in [0.25, 0.3) is 0 Å². The fourth-order valence-corrected chi connectivity index (χ4v) is 6.53. The Morgan fingerprint density at radius 1 is 1.22 bits per heavy atom. The van der Waals surface area contributed by atoms with Gasteiger partial charge in [-0.25, -0.2) is 4.98 Å². The molecule has 5 rings (SSSR count). The minimum Gasteiger partial charge on any atom is -0.327 e. The fourth-order valence-electron chi connectivity index (χ4n) is 5.39. The van der Waals surface area contributed by atoms with E-state index < -0.39 is 0 Å². The van der Waals surface area contributed by atoms with Gasteiger partial charge in [-0.15, -0.1) is 11.3 Å². The number of thiazole rings is 1. The molecule has 1 N–H and O–H groups in total. The number of nitrogens with zero attached hydrogens (tertiary/aromatic N) is 4. The molecule has 0 spiro atoms. The normalized spacial score (nSPS) is 19.6. The monoisotopic (exact) mass is 447 g/mol. The Morgan fingerprint density at radius 2 is 2.00 bits per heavy atom. The summed E-state index contributed by atoms with van der Waals surface area (Å²) in [5.74, 6) is 0.640. The summed E-state index contributed by atoms with van der Waals surface area (Å²) in [7, 11) is 0. The third-order valence-electron chi connectivity index (χ3n) is 7.12. The van der Waals surface area contributed by atoms with E-state index in [0.717, 1.165) is 54.0 Å². The standard InChI is InChI=1S/C25H29N5OS/c1-16-17(2)30(18-8-3-4-9-18)24(19(16)14-26)28-23(31)15-29-13-7-11-21(29)25-27-20-10-5-6-12-22(20)32-25/h5-6,10,12,18,21H,3-4,7-9,11,13,15H2,1-2H3,(H,28,31). The predicted molar refractivity (Wildman–Crippen MR) is 128 cm³/mol. The molecule has 0 radical (unpaired) electrons. The number of benzene rings is 1. The highest BCUT2D eigenvalue weighted by Crippen LogP contribution is 2.39. The van der Waals surface area contributed by atoms with Crippen molar-refractivity contribution in [2.75, 3.05) is 18.4 Å². The van der Waals surface area contributed by atoms with Gasteiger partial charge in [-0.1, -0.05) is 25.0 Å². The molecule has 3 heterocycles. The molecule has 0 bridgehead atoms. The van der Waals surface area contributed by atoms with Crippen molar-refractivity contribution in [1.29, 1.82) is 5.26 Å². The number of aromatic nitrogens is 2. The van der Waals surface area contributed by atoms with E-state index in [0.29, 0.717) is 24.0 Å². The first-order valence-corrected chi connectivity index (χ1v) is 12.4. The van der Waals surface area contributed by atoms with Gasteiger partial charge < -0.3 is 9.88 Å². The lowest BCUT2D eigenvalue weighted by Crippen LogP contribution is -2.33. The van der Waals surface area contributed by atoms with E-state index in [2.05, 4.69) is 33.8 Å². The van der Waals surface area contributed by atoms with Crippen molar-refractivity contribution in [2.45, 2.75) is 64.5 Å². The molecular weight excluding hydrogens is 418 g/mol. The first kappa shape index (κ1) is 21.2. The lowest BCUT2D eigenvalue weighted by molar-refractivity contribution is -0.117. The van der Waals surface area contributed by atoms with Crippen LogP contribution in [0.4, 0.5) is 5.82 Å². The van der Waals surface area contributed by atoms with Crippen LogP contribution in [0.3, 0.4) is 0 Å². The van der Waals surface area contributed by atoms with E-state index in [4.69, 9.17) is 4.98 Å². The number of nitriles is 1. The summed E-state index contributed by atoms with van der Waals surface area (Å²) in [6, 6.07) is 11.1. The molecule has 2 aromatic heterocycles. The Balaban J connectivity index is 1.36. The largest absolute Gasteiger partial charge is 0.327 e. The Bertz CT molecular complexity index is 1160. The van der Waals surface area contributed by atoms with E-state index >= 15 is 0 Å². The second-order valence-corrected chi connectivity index (χ2v) is 10.1. The number of anilines is 1. The molecule has 166 valence electrons. The van der Waals surface area contributed by atoms with Crippen LogP contribution in [0.2, 0.25) is 0 Å². The topological polar surface area (TPSA) is 74.0 Å². The molecule has 1 aliphatic carbocycles. The molecule has 1 aromatic carbocycles. The minimum atomic E-state index is -0.0498. The molecule has 2 aliphatic rings. The number of fused-ring (bicyclic) bond motifs is 1. The smallest absolute Gasteiger partial charge is 0.239 e. The molecule has 1 amide bonds. The number of likely N-dealkylation sites (tertiary alicyclic amines) is 1. The first-order valence-electron chi connectivity index (χ1n) is 11.6. The number of rotatable bonds is 5. The van der Waals surface area contributed by atoms with Crippen molar-refractivity contribution in [2.24, 2.45) is 0 Å². The molecule has 1 saturated heterocycles. The molecule has 6 nitrogen and oxygen atoms in total. The van der Waals surface area contributed by atoms with Gasteiger partial charge in [-0.2, -0.15) is 5.26 Å². The highest BCUT2D eigenvalue weighted by atomic mass is 32.1. The molecule has 1 aliphatic heterocycles. The maximum Gasteiger partial charge on any atom is 0.239 e. The van der Waals surface area contributed by atoms with Crippen LogP contribution in [0.25, 0.3) is 10.2 Å². The fraction of sp³-hybridized carbons (Fsp3) is 0.480. The summed E-state index contributed by atoms with van der Waals surface area (Å²) in [6.07, 6.45) is 6.70. The third kappa shape index (κ3) is 3.72. The van der Waals surface area contributed by atoms with Crippen molar-refractivity contribution >= 4 is 33.3 Å². The van der Waals surface area contributed by atoms with E-state index in [1.807, 2.05) is 25.1 Å². The van der Waals surface area contributed by atoms with Gasteiger partial charge in [0.05, 0.1) is 28.4 Å². The van der Waals surface area contributed by atoms with Crippen molar-refractivity contribution in [3.8, 4) is 6.07 Å². The lowest BCUT2D eigenvalue weighted by atomic mass is 10.2. The molecular formula is C25H29N5OS. The number of amides is 1. The van der Waals surface area contributed by atoms with Crippen LogP contribution in [0.1, 0.15) is 72.4 Å². The SMILES string of the molecule is Cc1c(C#N)c(NC(=O)CN2CCCC2c2nc3ccccc3s2)n(C2CCCC2)c1C. The lowest BCUT2D eigenvalue weighted by Gasteiger charge is -2.23. The predicted octanol–water partition coefficient (Wildman–Crippen LogP) is 5.48. The summed E-state index contributed by atoms with van der Waals surface area (Å²) >= 11 is 1.73. The zero-order valence-corrected chi connectivity index (χ0v) is 19.5. The molecule has 7 heteroatoms. The van der Waals surface area contributed by atoms with Crippen LogP contribution in [0, 0.1) is 25.2 Å². The van der Waals surface area contributed by atoms with Crippen LogP contribution in [0.5, 0.6) is 0 Å². The third-order valence-corrected chi connectivity index (χ3v) is 8.26. The highest BCUT2D eigenvalue weighted by molar-refractivity contribution is 7.18. The maximum absolute atomic E-state index is 13.2. The van der Waals surface area contributed by atoms with Crippen LogP contribution in [-0.2, 0) is 4.79 Å². The van der Waals surface area contributed by atoms with Crippen molar-refractivity contribution in [3.63, 3.8) is 0 Å². The van der Waals surface area contributed by atoms with E-state index in [1.54, 1.807) is 11.3 Å². The number of hydrogen-bond acceptors (Lipinski definition) is 5. The average molecular weight is 448 g/mol. The van der Waals surface area contributed by atoms with Crippen molar-refractivity contribution < 1.29 is 4.79 Å². The quantitative estimate of drug-likeness (QED) is 0.562. The minimum absolute atomic E-state index is 0.0498. The van der Waals surface area contributed by atoms with Crippen LogP contribution in [-0.4, -0.2) is 33.4 Å². The van der Waals surface area contributed by atoms with E-state index in [9.17, 15) is 10.1 Å². The summed E-state index contributed by atoms with van der Waals surface area (Å²) < 4.78 is 3.41. The van der Waals surface area contributed by atoms with Gasteiger partial charge in [0.1, 0.15) is 16.9 Å². The van der Waals surface area contributed by atoms with Crippen LogP contribution in [0.15, 0.2) is 24.3 Å². The first-order chi connectivity index (χ1) is 15.6. The summed E-state index contributed by atoms with van der Waals surface area (Å²) in [6.45, 7) is 5.26. The van der Waals surface area contributed by atoms with E-state index in [1.165, 1.54) is 17.5 Å². The van der Waals surface area contributed by atoms with Gasteiger partial charge in [-0.05, 0) is 63.8 Å². The molecule has 2 fully saturated rings. The molecule has 1 unspecified atom stereocenters. The zero-order chi connectivity index (χ0) is 22.2. The summed E-state index contributed by atoms with van der Waals surface area (Å²) in [5.41, 5.74) is 3.70. The number of carbonyl (C=O) groups is 1. The number of nitrogens with one attached hydrogen (secondary N) is 1. The number of para-hydroxylation sites is 1. The van der Waals surface area contributed by atoms with Crippen molar-refractivity contribution in [3.05, 3.63) is 46.1 Å². The summed E-state index contributed by atoms with van der Waals surface area (Å²) in [4.78, 5) is 20.3. The number of carbonyl (C=O) groups excluding carboxylic acids is 1. The van der Waals surface area contributed by atoms with Gasteiger partial charge in [0.2, 0.25) is 5.91 Å². The maximum atomic E-state index is 13.2. The second-order valence-electron chi connectivity index (χ2n) is 9.05. The summed E-state index contributed by atoms with van der Waals surface area (Å²) in [5, 5.41) is 14.0. The van der Waals surface area contributed by atoms with Gasteiger partial charge >= 0.3 is 0 Å². The van der Waals surface area contributed by atoms with Crippen LogP contribution >= 0.6 is 11.3 Å². The average Bonchev–Trinajstić information content (AvgIpc) is 3.56. The van der Waals surface area contributed by atoms with Gasteiger partial charge in [0.15, 0.2) is 0 Å². The van der Waals surface area contributed by atoms with Crippen molar-refractivity contribution in [1.82, 2.24) is 14.5 Å². The Kier molecular flexibility index (Phi) is 5.75. The molecule has 32 heavy (non-hydrogen) atoms. The van der Waals surface area contributed by atoms with Gasteiger partial charge in [-0.3, -0.25) is 9.69 Å². The Morgan fingerprint density at radius 3 is 2.75 bits per heavy atom. The molecule has 1 atom stereocenters. The van der Waals surface area contributed by atoms with Crippen LogP contribution < -0.4 is 5.32 Å². The number of hydrogen-bond donors (Lipinski definition) is 1. The molecule has 3 aromatic rings. The van der Waals surface area contributed by atoms with Gasteiger partial charge in [0, 0.05) is 11.7 Å². The highest BCUT2D eigenvalue weighted by Gasteiger charge is 2.31.